The topological polar surface area (TPSA) is 117 Å². The lowest BCUT2D eigenvalue weighted by Crippen LogP contribution is -2.21. The zero-order chi connectivity index (χ0) is 20.7. The molecule has 1 N–H and O–H groups in total. The minimum Gasteiger partial charge on any atom is -0.495 e. The number of benzene rings is 2. The molecule has 148 valence electrons. The third-order valence-electron chi connectivity index (χ3n) is 3.46. The van der Waals surface area contributed by atoms with E-state index in [0.717, 1.165) is 6.07 Å². The van der Waals surface area contributed by atoms with Crippen molar-refractivity contribution in [3.05, 3.63) is 58.1 Å². The number of nitro benzene ring substituents is 1. The Morgan fingerprint density at radius 3 is 2.39 bits per heavy atom. The molecule has 9 nitrogen and oxygen atoms in total. The lowest BCUT2D eigenvalue weighted by molar-refractivity contribution is -0.384. The molecule has 0 saturated carbocycles. The number of rotatable bonds is 8. The van der Waals surface area contributed by atoms with Crippen LogP contribution in [0.25, 0.3) is 0 Å². The number of anilines is 1. The number of nitro groups is 1. The molecule has 0 saturated heterocycles. The van der Waals surface area contributed by atoms with Crippen molar-refractivity contribution < 1.29 is 28.7 Å². The normalized spacial score (nSPS) is 10.3. The van der Waals surface area contributed by atoms with E-state index in [1.54, 1.807) is 12.1 Å². The fourth-order valence-corrected chi connectivity index (χ4v) is 2.25. The van der Waals surface area contributed by atoms with Crippen LogP contribution < -0.4 is 14.8 Å². The highest BCUT2D eigenvalue weighted by Gasteiger charge is 2.15. The van der Waals surface area contributed by atoms with Crippen molar-refractivity contribution in [1.29, 1.82) is 0 Å². The summed E-state index contributed by atoms with van der Waals surface area (Å²) >= 11 is 0. The van der Waals surface area contributed by atoms with Gasteiger partial charge in [-0.25, -0.2) is 4.79 Å². The van der Waals surface area contributed by atoms with Crippen molar-refractivity contribution in [3.63, 3.8) is 0 Å². The highest BCUT2D eigenvalue weighted by Crippen LogP contribution is 2.28. The van der Waals surface area contributed by atoms with Crippen LogP contribution >= 0.6 is 0 Å². The lowest BCUT2D eigenvalue weighted by atomic mass is 10.2. The van der Waals surface area contributed by atoms with Crippen molar-refractivity contribution in [2.24, 2.45) is 0 Å². The van der Waals surface area contributed by atoms with Gasteiger partial charge in [0.15, 0.2) is 6.61 Å². The minimum atomic E-state index is -0.683. The number of ether oxygens (including phenoxy) is 3. The van der Waals surface area contributed by atoms with Gasteiger partial charge < -0.3 is 19.5 Å². The van der Waals surface area contributed by atoms with E-state index in [4.69, 9.17) is 14.2 Å². The molecule has 28 heavy (non-hydrogen) atoms. The number of carbonyl (C=O) groups excluding carboxylic acids is 2. The average Bonchev–Trinajstić information content (AvgIpc) is 2.66. The Kier molecular flexibility index (Phi) is 6.91. The fourth-order valence-electron chi connectivity index (χ4n) is 2.25. The highest BCUT2D eigenvalue weighted by molar-refractivity contribution is 5.96. The first-order valence-electron chi connectivity index (χ1n) is 8.36. The summed E-state index contributed by atoms with van der Waals surface area (Å²) in [6.07, 6.45) is 0.00676. The lowest BCUT2D eigenvalue weighted by Gasteiger charge is -2.11. The van der Waals surface area contributed by atoms with Crippen LogP contribution in [0.15, 0.2) is 42.5 Å². The molecule has 0 bridgehead atoms. The zero-order valence-corrected chi connectivity index (χ0v) is 15.6. The van der Waals surface area contributed by atoms with Gasteiger partial charge in [0.25, 0.3) is 11.6 Å². The molecule has 9 heteroatoms. The summed E-state index contributed by atoms with van der Waals surface area (Å²) in [5.74, 6) is -0.489. The van der Waals surface area contributed by atoms with Gasteiger partial charge >= 0.3 is 5.97 Å². The van der Waals surface area contributed by atoms with Gasteiger partial charge in [0.2, 0.25) is 0 Å². The summed E-state index contributed by atoms with van der Waals surface area (Å²) in [5.41, 5.74) is 0.154. The fraction of sp³-hybridized carbons (Fsp3) is 0.263. The number of carbonyl (C=O) groups is 2. The number of amides is 1. The predicted molar refractivity (Wildman–Crippen MR) is 101 cm³/mol. The first-order valence-corrected chi connectivity index (χ1v) is 8.36. The van der Waals surface area contributed by atoms with Crippen LogP contribution in [0.1, 0.15) is 24.2 Å². The molecule has 0 spiro atoms. The van der Waals surface area contributed by atoms with Crippen LogP contribution in [0.3, 0.4) is 0 Å². The maximum atomic E-state index is 12.0. The van der Waals surface area contributed by atoms with E-state index in [-0.39, 0.29) is 28.8 Å². The molecule has 0 unspecified atom stereocenters. The van der Waals surface area contributed by atoms with E-state index >= 15 is 0 Å². The Balaban J connectivity index is 1.96. The molecule has 0 atom stereocenters. The maximum Gasteiger partial charge on any atom is 0.338 e. The minimum absolute atomic E-state index is 0.00676. The van der Waals surface area contributed by atoms with Gasteiger partial charge in [-0.05, 0) is 44.2 Å². The van der Waals surface area contributed by atoms with Crippen molar-refractivity contribution in [3.8, 4) is 11.5 Å². The molecule has 0 radical (unpaired) electrons. The summed E-state index contributed by atoms with van der Waals surface area (Å²) in [4.78, 5) is 34.4. The molecule has 2 aromatic carbocycles. The monoisotopic (exact) mass is 388 g/mol. The Labute approximate surface area is 161 Å². The first kappa shape index (κ1) is 20.7. The standard InChI is InChI=1S/C19H20N2O7/c1-12(2)28-15-7-4-13(5-8-15)19(23)27-11-18(22)20-16-10-14(21(24)25)6-9-17(16)26-3/h4-10,12H,11H2,1-3H3,(H,20,22). The smallest absolute Gasteiger partial charge is 0.338 e. The van der Waals surface area contributed by atoms with E-state index in [9.17, 15) is 19.7 Å². The number of hydrogen-bond donors (Lipinski definition) is 1. The van der Waals surface area contributed by atoms with Crippen molar-refractivity contribution in [2.45, 2.75) is 20.0 Å². The number of non-ortho nitro benzene ring substituents is 1. The summed E-state index contributed by atoms with van der Waals surface area (Å²) < 4.78 is 15.5. The van der Waals surface area contributed by atoms with Crippen LogP contribution in [0.2, 0.25) is 0 Å². The van der Waals surface area contributed by atoms with Gasteiger partial charge in [-0.3, -0.25) is 14.9 Å². The Morgan fingerprint density at radius 1 is 1.14 bits per heavy atom. The van der Waals surface area contributed by atoms with E-state index < -0.39 is 23.4 Å². The highest BCUT2D eigenvalue weighted by atomic mass is 16.6. The van der Waals surface area contributed by atoms with Crippen LogP contribution in [0.5, 0.6) is 11.5 Å². The molecule has 0 aromatic heterocycles. The second-order valence-corrected chi connectivity index (χ2v) is 5.96. The molecule has 0 aliphatic carbocycles. The number of nitrogens with zero attached hydrogens (tertiary/aromatic N) is 1. The largest absolute Gasteiger partial charge is 0.495 e. The predicted octanol–water partition coefficient (Wildman–Crippen LogP) is 3.19. The number of nitrogens with one attached hydrogen (secondary N) is 1. The van der Waals surface area contributed by atoms with Gasteiger partial charge in [-0.2, -0.15) is 0 Å². The third-order valence-corrected chi connectivity index (χ3v) is 3.46. The van der Waals surface area contributed by atoms with Crippen LogP contribution in [-0.2, 0) is 9.53 Å². The van der Waals surface area contributed by atoms with Gasteiger partial charge in [0.1, 0.15) is 11.5 Å². The molecular formula is C19H20N2O7. The van der Waals surface area contributed by atoms with Gasteiger partial charge in [-0.1, -0.05) is 0 Å². The van der Waals surface area contributed by atoms with Gasteiger partial charge in [0.05, 0.1) is 29.4 Å². The molecule has 0 fully saturated rings. The molecule has 2 aromatic rings. The van der Waals surface area contributed by atoms with E-state index in [2.05, 4.69) is 5.32 Å². The summed E-state index contributed by atoms with van der Waals surface area (Å²) in [6, 6.07) is 10.1. The molecule has 2 rings (SSSR count). The van der Waals surface area contributed by atoms with Crippen molar-refractivity contribution in [1.82, 2.24) is 0 Å². The zero-order valence-electron chi connectivity index (χ0n) is 15.6. The second kappa shape index (κ2) is 9.36. The number of hydrogen-bond acceptors (Lipinski definition) is 7. The quantitative estimate of drug-likeness (QED) is 0.419. The molecule has 1 amide bonds. The number of methoxy groups -OCH3 is 1. The Hall–Kier alpha value is -3.62. The molecule has 0 aliphatic heterocycles. The van der Waals surface area contributed by atoms with E-state index in [1.807, 2.05) is 13.8 Å². The SMILES string of the molecule is COc1ccc([N+](=O)[O-])cc1NC(=O)COC(=O)c1ccc(OC(C)C)cc1. The number of esters is 1. The second-order valence-electron chi connectivity index (χ2n) is 5.96. The van der Waals surface area contributed by atoms with E-state index in [0.29, 0.717) is 5.75 Å². The summed E-state index contributed by atoms with van der Waals surface area (Å²) in [6.45, 7) is 3.21. The molecular weight excluding hydrogens is 368 g/mol. The summed E-state index contributed by atoms with van der Waals surface area (Å²) in [5, 5.41) is 13.3. The molecule has 0 heterocycles. The Morgan fingerprint density at radius 2 is 1.82 bits per heavy atom. The average molecular weight is 388 g/mol. The van der Waals surface area contributed by atoms with Gasteiger partial charge in [0, 0.05) is 12.1 Å². The van der Waals surface area contributed by atoms with Crippen molar-refractivity contribution >= 4 is 23.3 Å². The first-order chi connectivity index (χ1) is 13.3. The Bertz CT molecular complexity index is 863. The van der Waals surface area contributed by atoms with Crippen LogP contribution in [-0.4, -0.2) is 36.6 Å². The maximum absolute atomic E-state index is 12.0. The van der Waals surface area contributed by atoms with Crippen LogP contribution in [0, 0.1) is 10.1 Å². The van der Waals surface area contributed by atoms with Crippen molar-refractivity contribution in [2.75, 3.05) is 19.0 Å². The summed E-state index contributed by atoms with van der Waals surface area (Å²) in [7, 11) is 1.36. The molecule has 0 aliphatic rings. The van der Waals surface area contributed by atoms with Gasteiger partial charge in [-0.15, -0.1) is 0 Å². The van der Waals surface area contributed by atoms with Crippen LogP contribution in [0.4, 0.5) is 11.4 Å². The third kappa shape index (κ3) is 5.70. The van der Waals surface area contributed by atoms with E-state index in [1.165, 1.54) is 31.4 Å².